The van der Waals surface area contributed by atoms with Crippen LogP contribution in [0.3, 0.4) is 0 Å². The van der Waals surface area contributed by atoms with Crippen LogP contribution in [-0.2, 0) is 13.0 Å². The molecule has 8 heteroatoms. The Kier molecular flexibility index (Phi) is 5.51. The molecule has 35 heavy (non-hydrogen) atoms. The third-order valence-corrected chi connectivity index (χ3v) is 7.87. The van der Waals surface area contributed by atoms with Gasteiger partial charge in [0.25, 0.3) is 0 Å². The highest BCUT2D eigenvalue weighted by Gasteiger charge is 2.34. The number of hydrogen-bond donors (Lipinski definition) is 2. The third-order valence-electron chi connectivity index (χ3n) is 6.70. The van der Waals surface area contributed by atoms with E-state index >= 15 is 0 Å². The lowest BCUT2D eigenvalue weighted by Gasteiger charge is -2.27. The summed E-state index contributed by atoms with van der Waals surface area (Å²) >= 11 is 15.7. The first-order chi connectivity index (χ1) is 16.9. The SMILES string of the molecule is COc1ccc(C2c3[nH]c4ccc(Br)cc4c3Cc3c(O)n(Cc4ccc(Cl)cc4)c(=S)n32)cc1. The van der Waals surface area contributed by atoms with Crippen LogP contribution in [-0.4, -0.2) is 26.3 Å². The van der Waals surface area contributed by atoms with Crippen molar-refractivity contribution in [1.29, 1.82) is 0 Å². The molecule has 0 saturated heterocycles. The Morgan fingerprint density at radius 3 is 2.57 bits per heavy atom. The Labute approximate surface area is 220 Å². The lowest BCUT2D eigenvalue weighted by atomic mass is 9.93. The molecule has 176 valence electrons. The molecule has 0 bridgehead atoms. The highest BCUT2D eigenvalue weighted by molar-refractivity contribution is 9.10. The predicted molar refractivity (Wildman–Crippen MR) is 145 cm³/mol. The molecule has 0 amide bonds. The maximum Gasteiger partial charge on any atom is 0.214 e. The Hall–Kier alpha value is -3.00. The van der Waals surface area contributed by atoms with E-state index < -0.39 is 0 Å². The number of benzene rings is 3. The highest BCUT2D eigenvalue weighted by atomic mass is 79.9. The van der Waals surface area contributed by atoms with Crippen LogP contribution in [0.4, 0.5) is 0 Å². The second kappa shape index (κ2) is 8.59. The van der Waals surface area contributed by atoms with Crippen molar-refractivity contribution < 1.29 is 9.84 Å². The summed E-state index contributed by atoms with van der Waals surface area (Å²) in [7, 11) is 1.66. The summed E-state index contributed by atoms with van der Waals surface area (Å²) in [6, 6.07) is 21.6. The predicted octanol–water partition coefficient (Wildman–Crippen LogP) is 7.22. The molecule has 6 rings (SSSR count). The van der Waals surface area contributed by atoms with Gasteiger partial charge in [-0.2, -0.15) is 0 Å². The van der Waals surface area contributed by atoms with Crippen molar-refractivity contribution >= 4 is 50.7 Å². The van der Waals surface area contributed by atoms with Crippen LogP contribution >= 0.6 is 39.7 Å². The quantitative estimate of drug-likeness (QED) is 0.222. The molecule has 1 atom stereocenters. The number of fused-ring (bicyclic) bond motifs is 4. The fourth-order valence-electron chi connectivity index (χ4n) is 5.01. The maximum atomic E-state index is 11.4. The zero-order valence-electron chi connectivity index (χ0n) is 18.8. The minimum atomic E-state index is -0.212. The Balaban J connectivity index is 1.57. The Bertz CT molecular complexity index is 1630. The maximum absolute atomic E-state index is 11.4. The molecule has 3 aromatic carbocycles. The van der Waals surface area contributed by atoms with Gasteiger partial charge in [-0.1, -0.05) is 51.8 Å². The normalized spacial score (nSPS) is 14.7. The molecule has 2 aromatic heterocycles. The van der Waals surface area contributed by atoms with Crippen molar-refractivity contribution in [2.75, 3.05) is 7.11 Å². The Morgan fingerprint density at radius 1 is 1.11 bits per heavy atom. The summed E-state index contributed by atoms with van der Waals surface area (Å²) in [5, 5.41) is 13.2. The van der Waals surface area contributed by atoms with E-state index in [9.17, 15) is 5.11 Å². The van der Waals surface area contributed by atoms with E-state index in [0.29, 0.717) is 22.8 Å². The van der Waals surface area contributed by atoms with Gasteiger partial charge < -0.3 is 19.4 Å². The summed E-state index contributed by atoms with van der Waals surface area (Å²) in [4.78, 5) is 3.65. The van der Waals surface area contributed by atoms with E-state index in [1.165, 1.54) is 0 Å². The average molecular weight is 567 g/mol. The summed E-state index contributed by atoms with van der Waals surface area (Å²) < 4.78 is 10.8. The first kappa shape index (κ1) is 22.5. The van der Waals surface area contributed by atoms with Crippen molar-refractivity contribution in [3.8, 4) is 11.6 Å². The second-order valence-electron chi connectivity index (χ2n) is 8.70. The van der Waals surface area contributed by atoms with Crippen LogP contribution in [0.25, 0.3) is 10.9 Å². The molecule has 0 saturated carbocycles. The van der Waals surface area contributed by atoms with Gasteiger partial charge in [-0.05, 0) is 71.4 Å². The zero-order valence-corrected chi connectivity index (χ0v) is 21.9. The van der Waals surface area contributed by atoms with Crippen molar-refractivity contribution in [2.24, 2.45) is 0 Å². The van der Waals surface area contributed by atoms with Crippen LogP contribution in [0.5, 0.6) is 11.6 Å². The summed E-state index contributed by atoms with van der Waals surface area (Å²) in [6.45, 7) is 0.456. The van der Waals surface area contributed by atoms with Crippen LogP contribution in [0.2, 0.25) is 5.02 Å². The fourth-order valence-corrected chi connectivity index (χ4v) is 5.86. The summed E-state index contributed by atoms with van der Waals surface area (Å²) in [6.07, 6.45) is 0.571. The lowest BCUT2D eigenvalue weighted by Crippen LogP contribution is -2.21. The number of aromatic hydroxyl groups is 1. The van der Waals surface area contributed by atoms with Gasteiger partial charge in [0.1, 0.15) is 11.8 Å². The van der Waals surface area contributed by atoms with Crippen molar-refractivity contribution in [2.45, 2.75) is 19.0 Å². The number of rotatable bonds is 4. The second-order valence-corrected chi connectivity index (χ2v) is 10.4. The van der Waals surface area contributed by atoms with E-state index in [2.05, 4.69) is 49.7 Å². The lowest BCUT2D eigenvalue weighted by molar-refractivity contribution is 0.414. The molecular formula is C27H21BrClN3O2S. The molecule has 0 aliphatic carbocycles. The van der Waals surface area contributed by atoms with Gasteiger partial charge in [0, 0.05) is 32.5 Å². The summed E-state index contributed by atoms with van der Waals surface area (Å²) in [5.74, 6) is 0.982. The molecule has 5 nitrogen and oxygen atoms in total. The van der Waals surface area contributed by atoms with Gasteiger partial charge in [-0.15, -0.1) is 0 Å². The number of halogens is 2. The molecule has 2 N–H and O–H groups in total. The minimum absolute atomic E-state index is 0.193. The molecule has 0 radical (unpaired) electrons. The average Bonchev–Trinajstić information content (AvgIpc) is 3.34. The van der Waals surface area contributed by atoms with Gasteiger partial charge in [0.2, 0.25) is 5.88 Å². The van der Waals surface area contributed by atoms with E-state index in [1.54, 1.807) is 11.7 Å². The molecule has 5 aromatic rings. The van der Waals surface area contributed by atoms with E-state index in [1.807, 2.05) is 42.5 Å². The standard InChI is InChI=1S/C27H21BrClN3O2S/c1-34-19-9-4-16(5-10-19)25-24-21(20-12-17(28)6-11-22(20)30-24)13-23-26(33)31(27(35)32(23)25)14-15-2-7-18(29)8-3-15/h2-12,25,30,33H,13-14H2,1H3. The zero-order chi connectivity index (χ0) is 24.3. The minimum Gasteiger partial charge on any atom is -0.497 e. The van der Waals surface area contributed by atoms with Crippen molar-refractivity contribution in [3.63, 3.8) is 0 Å². The number of methoxy groups -OCH3 is 1. The smallest absolute Gasteiger partial charge is 0.214 e. The number of nitrogens with zero attached hydrogens (tertiary/aromatic N) is 2. The molecule has 3 heterocycles. The molecule has 1 aliphatic heterocycles. The van der Waals surface area contributed by atoms with E-state index in [0.717, 1.165) is 49.2 Å². The van der Waals surface area contributed by atoms with Crippen LogP contribution < -0.4 is 4.74 Å². The first-order valence-corrected chi connectivity index (χ1v) is 12.7. The molecule has 0 spiro atoms. The van der Waals surface area contributed by atoms with E-state index in [4.69, 9.17) is 28.6 Å². The van der Waals surface area contributed by atoms with Crippen LogP contribution in [0.1, 0.15) is 34.1 Å². The monoisotopic (exact) mass is 565 g/mol. The highest BCUT2D eigenvalue weighted by Crippen LogP contribution is 2.43. The van der Waals surface area contributed by atoms with Gasteiger partial charge in [-0.25, -0.2) is 0 Å². The number of hydrogen-bond acceptors (Lipinski definition) is 3. The third kappa shape index (κ3) is 3.69. The topological polar surface area (TPSA) is 55.1 Å². The van der Waals surface area contributed by atoms with Gasteiger partial charge in [0.15, 0.2) is 4.77 Å². The van der Waals surface area contributed by atoms with Crippen molar-refractivity contribution in [3.05, 3.63) is 109 Å². The van der Waals surface area contributed by atoms with E-state index in [-0.39, 0.29) is 11.9 Å². The van der Waals surface area contributed by atoms with Gasteiger partial charge >= 0.3 is 0 Å². The number of H-pyrrole nitrogens is 1. The van der Waals surface area contributed by atoms with Gasteiger partial charge in [0.05, 0.1) is 19.3 Å². The fraction of sp³-hybridized carbons (Fsp3) is 0.148. The first-order valence-electron chi connectivity index (χ1n) is 11.2. The Morgan fingerprint density at radius 2 is 1.86 bits per heavy atom. The van der Waals surface area contributed by atoms with Crippen LogP contribution in [0, 0.1) is 4.77 Å². The molecule has 1 aliphatic rings. The molecule has 0 fully saturated rings. The molecule has 1 unspecified atom stereocenters. The van der Waals surface area contributed by atoms with Gasteiger partial charge in [-0.3, -0.25) is 4.57 Å². The largest absolute Gasteiger partial charge is 0.497 e. The molecular weight excluding hydrogens is 546 g/mol. The van der Waals surface area contributed by atoms with Crippen LogP contribution in [0.15, 0.2) is 71.2 Å². The van der Waals surface area contributed by atoms with Crippen molar-refractivity contribution in [1.82, 2.24) is 14.1 Å². The summed E-state index contributed by atoms with van der Waals surface area (Å²) in [5.41, 5.74) is 6.17. The number of ether oxygens (including phenoxy) is 1. The number of aromatic amines is 1. The number of nitrogens with one attached hydrogen (secondary N) is 1. The number of imidazole rings is 1. The number of aromatic nitrogens is 3.